The van der Waals surface area contributed by atoms with E-state index in [1.807, 2.05) is 18.2 Å². The van der Waals surface area contributed by atoms with E-state index in [2.05, 4.69) is 27.8 Å². The summed E-state index contributed by atoms with van der Waals surface area (Å²) in [5.74, 6) is -1.86. The number of halogens is 12. The van der Waals surface area contributed by atoms with Crippen LogP contribution < -0.4 is 21.3 Å². The van der Waals surface area contributed by atoms with E-state index in [-0.39, 0.29) is 59.5 Å². The molecular formula is C91H104Cl12N4O29. The zero-order valence-electron chi connectivity index (χ0n) is 73.6. The number of carbonyl (C=O) groups is 6. The summed E-state index contributed by atoms with van der Waals surface area (Å²) in [5.41, 5.74) is 3.75. The lowest BCUT2D eigenvalue weighted by Crippen LogP contribution is -2.73. The van der Waals surface area contributed by atoms with E-state index < -0.39 is 239 Å². The summed E-state index contributed by atoms with van der Waals surface area (Å²) in [4.78, 5) is 88.3. The van der Waals surface area contributed by atoms with Gasteiger partial charge in [0.2, 0.25) is 15.2 Å². The van der Waals surface area contributed by atoms with E-state index in [1.54, 1.807) is 178 Å². The molecule has 5 saturated heterocycles. The van der Waals surface area contributed by atoms with Gasteiger partial charge in [0, 0.05) is 5.56 Å². The van der Waals surface area contributed by atoms with Gasteiger partial charge in [0.1, 0.15) is 124 Å². The molecule has 5 heterocycles. The van der Waals surface area contributed by atoms with Crippen LogP contribution in [0.5, 0.6) is 0 Å². The number of nitrogens with one attached hydrogen (secondary N) is 4. The number of carbonyl (C=O) groups excluding carboxylic acids is 6. The molecule has 3 unspecified atom stereocenters. The van der Waals surface area contributed by atoms with Crippen LogP contribution >= 0.6 is 139 Å². The number of fused-ring (bicyclic) bond motifs is 1. The summed E-state index contributed by atoms with van der Waals surface area (Å²) in [6.07, 6.45) is -34.9. The predicted molar refractivity (Wildman–Crippen MR) is 500 cm³/mol. The largest absolute Gasteiger partial charge is 0.464 e. The number of amides is 4. The van der Waals surface area contributed by atoms with Gasteiger partial charge in [-0.2, -0.15) is 0 Å². The van der Waals surface area contributed by atoms with Crippen molar-refractivity contribution < 1.29 is 138 Å². The zero-order valence-corrected chi connectivity index (χ0v) is 82.6. The van der Waals surface area contributed by atoms with Crippen molar-refractivity contribution in [3.8, 4) is 0 Å². The minimum Gasteiger partial charge on any atom is -0.464 e. The first kappa shape index (κ1) is 110. The Morgan fingerprint density at radius 2 is 0.676 bits per heavy atom. The normalized spacial score (nSPS) is 26.9. The van der Waals surface area contributed by atoms with Gasteiger partial charge >= 0.3 is 36.3 Å². The maximum atomic E-state index is 15.3. The van der Waals surface area contributed by atoms with E-state index in [0.717, 1.165) is 0 Å². The van der Waals surface area contributed by atoms with Crippen LogP contribution in [-0.4, -0.2) is 259 Å². The van der Waals surface area contributed by atoms with Crippen LogP contribution in [0.15, 0.2) is 195 Å². The van der Waals surface area contributed by atoms with Crippen molar-refractivity contribution in [1.82, 2.24) is 21.3 Å². The minimum absolute atomic E-state index is 0.0599. The first-order chi connectivity index (χ1) is 65.1. The van der Waals surface area contributed by atoms with Crippen molar-refractivity contribution in [3.63, 3.8) is 0 Å². The molecule has 746 valence electrons. The molecule has 0 saturated carbocycles. The van der Waals surface area contributed by atoms with Crippen LogP contribution in [-0.2, 0) is 152 Å². The number of benzene rings is 6. The molecule has 45 heteroatoms. The Labute approximate surface area is 845 Å². The maximum Gasteiger partial charge on any atom is 0.407 e. The Balaban J connectivity index is 1.12. The third-order valence-corrected chi connectivity index (χ3v) is 22.2. The standard InChI is InChI=1S/C91H104Cl12N4O29/c1-6-39-119-80-67(106-86(112)125-51-90(98,99)100)75(127-53(4)77(108)117-7-2)71(62(129-80)46-115-41-56-29-17-10-18-30-56)135-81-65(104-84(110)123-49-88(92,93)94)73(120-43-58-33-21-12-22-34-58)69(61(130-81)45-114-40-55-27-15-9-16-28-55)134-83-68(107-87(113)126-52-91(101,102)103)76(128-54(5)78(109)118-8-3)72(63(131-83)47-116-42-57-31-19-11-20-32-57)136-82-66(105-85(111)124-50-89(95,96)97)74(121-44-59-35-23-13-24-36-59)70-64(132-82)48-122-79(133-70)60-37-25-14-26-38-60/h6,9-38,53-54,61-76,79-83H,1,7-8,39-52H2,2-5H3,(H,104,110)(H,105,111)(H,106,112)(H,107,113)/t53?,54?,61-,62-,63-,64-,65-,66-,67-,68-,69-,70-,71-,72-,73-,74-,75-,76-,79?,80+,81+,82+,83+/m1/s1. The summed E-state index contributed by atoms with van der Waals surface area (Å²) in [5, 5.41) is 11.2. The topological polar surface area (TPSA) is 363 Å². The van der Waals surface area contributed by atoms with Crippen LogP contribution in [0, 0.1) is 0 Å². The third kappa shape index (κ3) is 35.5. The Morgan fingerprint density at radius 3 is 1.02 bits per heavy atom. The zero-order chi connectivity index (χ0) is 97.5. The third-order valence-electron chi connectivity index (χ3n) is 20.9. The van der Waals surface area contributed by atoms with E-state index in [4.69, 9.17) is 248 Å². The lowest BCUT2D eigenvalue weighted by molar-refractivity contribution is -0.381. The SMILES string of the molecule is C=CCO[C@H]1O[C@H](COCc2ccccc2)[C@@H](O[C@@H]2O[C@H](COCc3ccccc3)[C@@H](O[C@@H]3O[C@H](COCc4ccccc4)[C@@H](O[C@@H]4O[C@@H]5COC(c6ccccc6)O[C@H]5[C@H](OCc5ccccc5)[C@H]4NC(=O)OCC(Cl)(Cl)Cl)[C@H](OC(C)C(=O)OCC)[C@H]3NC(=O)OCC(Cl)(Cl)Cl)[C@H](OCc3ccccc3)[C@H]2NC(=O)OCC(Cl)(Cl)Cl)[C@H](OC(C)C(=O)OCC)[C@H]1NC(=O)OCC(Cl)(Cl)Cl. The number of esters is 2. The van der Waals surface area contributed by atoms with Gasteiger partial charge in [-0.05, 0) is 55.5 Å². The van der Waals surface area contributed by atoms with E-state index in [9.17, 15) is 19.2 Å². The summed E-state index contributed by atoms with van der Waals surface area (Å²) < 4.78 is 143. The van der Waals surface area contributed by atoms with Crippen molar-refractivity contribution in [2.45, 2.75) is 217 Å². The van der Waals surface area contributed by atoms with Gasteiger partial charge in [-0.3, -0.25) is 0 Å². The van der Waals surface area contributed by atoms with Crippen LogP contribution in [0.1, 0.15) is 67.4 Å². The van der Waals surface area contributed by atoms with Gasteiger partial charge in [-0.1, -0.05) is 327 Å². The first-order valence-corrected chi connectivity index (χ1v) is 47.5. The molecule has 0 aromatic heterocycles. The van der Waals surface area contributed by atoms with Crippen LogP contribution in [0.4, 0.5) is 19.2 Å². The highest BCUT2D eigenvalue weighted by Gasteiger charge is 2.61. The fourth-order valence-corrected chi connectivity index (χ4v) is 15.6. The average Bonchev–Trinajstić information content (AvgIpc) is 0.755. The van der Waals surface area contributed by atoms with Crippen molar-refractivity contribution in [3.05, 3.63) is 228 Å². The van der Waals surface area contributed by atoms with Crippen molar-refractivity contribution in [2.75, 3.05) is 72.7 Å². The Morgan fingerprint density at radius 1 is 0.375 bits per heavy atom. The second-order valence-corrected chi connectivity index (χ2v) is 41.3. The molecule has 0 radical (unpaired) electrons. The van der Waals surface area contributed by atoms with E-state index in [1.165, 1.54) is 19.9 Å². The number of ether oxygens (including phenoxy) is 23. The highest BCUT2D eigenvalue weighted by Crippen LogP contribution is 2.43. The Kier molecular flexibility index (Phi) is 44.1. The first-order valence-electron chi connectivity index (χ1n) is 43.0. The molecule has 5 fully saturated rings. The second kappa shape index (κ2) is 54.4. The highest BCUT2D eigenvalue weighted by atomic mass is 35.6. The lowest BCUT2D eigenvalue weighted by atomic mass is 9.92. The lowest BCUT2D eigenvalue weighted by Gasteiger charge is -2.53. The molecule has 4 amide bonds. The molecule has 6 aromatic rings. The molecule has 0 bridgehead atoms. The number of alkyl halides is 12. The smallest absolute Gasteiger partial charge is 0.407 e. The number of hydrogen-bond donors (Lipinski definition) is 4. The Hall–Kier alpha value is -6.12. The van der Waals surface area contributed by atoms with Crippen molar-refractivity contribution in [2.24, 2.45) is 0 Å². The fourth-order valence-electron chi connectivity index (χ4n) is 14.9. The molecule has 5 aliphatic heterocycles. The van der Waals surface area contributed by atoms with Gasteiger partial charge in [-0.15, -0.1) is 6.58 Å². The monoisotopic (exact) mass is 2140 g/mol. The molecule has 6 aromatic carbocycles. The van der Waals surface area contributed by atoms with Gasteiger partial charge in [0.05, 0.1) is 79.3 Å². The van der Waals surface area contributed by atoms with Crippen LogP contribution in [0.3, 0.4) is 0 Å². The van der Waals surface area contributed by atoms with Crippen molar-refractivity contribution >= 4 is 176 Å². The molecular weight excluding hydrogens is 2040 g/mol. The van der Waals surface area contributed by atoms with Gasteiger partial charge < -0.3 is 130 Å². The molecule has 136 heavy (non-hydrogen) atoms. The van der Waals surface area contributed by atoms with Crippen LogP contribution in [0.25, 0.3) is 0 Å². The molecule has 11 rings (SSSR count). The average molecular weight is 2140 g/mol. The van der Waals surface area contributed by atoms with Crippen molar-refractivity contribution in [1.29, 1.82) is 0 Å². The Bertz CT molecular complexity index is 4640. The number of alkyl carbamates (subject to hydrolysis) is 4. The summed E-state index contributed by atoms with van der Waals surface area (Å²) >= 11 is 75.2. The summed E-state index contributed by atoms with van der Waals surface area (Å²) in [7, 11) is 0. The van der Waals surface area contributed by atoms with Gasteiger partial charge in [0.25, 0.3) is 0 Å². The molecule has 5 aliphatic rings. The predicted octanol–water partition coefficient (Wildman–Crippen LogP) is 15.7. The molecule has 33 nitrogen and oxygen atoms in total. The molecule has 4 N–H and O–H groups in total. The van der Waals surface area contributed by atoms with E-state index in [0.29, 0.717) is 33.4 Å². The molecule has 23 atom stereocenters. The summed E-state index contributed by atoms with van der Waals surface area (Å²) in [6, 6.07) is 46.4. The van der Waals surface area contributed by atoms with Gasteiger partial charge in [0.15, 0.2) is 43.7 Å². The van der Waals surface area contributed by atoms with Crippen LogP contribution in [0.2, 0.25) is 0 Å². The fraction of sp³-hybridized carbons (Fsp3) is 0.516. The minimum atomic E-state index is -2.28. The van der Waals surface area contributed by atoms with Gasteiger partial charge in [-0.25, -0.2) is 28.8 Å². The molecule has 0 aliphatic carbocycles. The number of rotatable bonds is 44. The second-order valence-electron chi connectivity index (χ2n) is 31.2. The summed E-state index contributed by atoms with van der Waals surface area (Å²) in [6.45, 7) is 3.06. The number of hydrogen-bond acceptors (Lipinski definition) is 29. The quantitative estimate of drug-likeness (QED) is 0.0119. The highest BCUT2D eigenvalue weighted by molar-refractivity contribution is 6.69. The van der Waals surface area contributed by atoms with E-state index >= 15 is 9.59 Å². The maximum absolute atomic E-state index is 15.3. The molecule has 0 spiro atoms.